The van der Waals surface area contributed by atoms with Gasteiger partial charge in [0, 0.05) is 18.3 Å². The van der Waals surface area contributed by atoms with E-state index in [2.05, 4.69) is 26.1 Å². The number of carbonyl (C=O) groups is 3. The Morgan fingerprint density at radius 2 is 1.62 bits per heavy atom. The maximum absolute atomic E-state index is 12.5. The third-order valence-corrected chi connectivity index (χ3v) is 3.85. The van der Waals surface area contributed by atoms with Crippen molar-refractivity contribution in [3.05, 3.63) is 54.1 Å². The van der Waals surface area contributed by atoms with E-state index in [4.69, 9.17) is 5.73 Å². The normalized spacial score (nSPS) is 10.9. The Morgan fingerprint density at radius 1 is 1.00 bits per heavy atom. The third kappa shape index (κ3) is 4.47. The molecule has 3 amide bonds. The molecule has 0 aliphatic heterocycles. The lowest BCUT2D eigenvalue weighted by Gasteiger charge is -2.20. The fourth-order valence-electron chi connectivity index (χ4n) is 2.45. The number of nitrogens with one attached hydrogen (secondary N) is 1. The number of anilines is 3. The summed E-state index contributed by atoms with van der Waals surface area (Å²) in [4.78, 5) is 37.5. The van der Waals surface area contributed by atoms with Crippen LogP contribution in [-0.2, 0) is 19.8 Å². The maximum Gasteiger partial charge on any atom is 0.323 e. The second kappa shape index (κ2) is 7.39. The first-order valence-corrected chi connectivity index (χ1v) is 8.21. The van der Waals surface area contributed by atoms with Gasteiger partial charge in [-0.1, -0.05) is 39.0 Å². The Kier molecular flexibility index (Phi) is 5.45. The molecular formula is C20H23N3O3. The zero-order valence-electron chi connectivity index (χ0n) is 15.4. The Balaban J connectivity index is 2.19. The van der Waals surface area contributed by atoms with Crippen LogP contribution >= 0.6 is 0 Å². The van der Waals surface area contributed by atoms with E-state index in [1.807, 2.05) is 12.1 Å². The van der Waals surface area contributed by atoms with Crippen LogP contribution in [0, 0.1) is 0 Å². The largest absolute Gasteiger partial charge is 0.399 e. The number of imide groups is 1. The van der Waals surface area contributed by atoms with Crippen LogP contribution in [0.4, 0.5) is 17.1 Å². The van der Waals surface area contributed by atoms with Crippen molar-refractivity contribution in [1.82, 2.24) is 0 Å². The first-order chi connectivity index (χ1) is 12.1. The molecule has 0 radical (unpaired) electrons. The Labute approximate surface area is 153 Å². The molecule has 6 nitrogen and oxygen atoms in total. The van der Waals surface area contributed by atoms with Crippen molar-refractivity contribution >= 4 is 34.8 Å². The summed E-state index contributed by atoms with van der Waals surface area (Å²) in [6, 6.07) is 13.5. The van der Waals surface area contributed by atoms with Crippen molar-refractivity contribution < 1.29 is 14.4 Å². The van der Waals surface area contributed by atoms with Crippen molar-refractivity contribution in [2.45, 2.75) is 33.1 Å². The maximum atomic E-state index is 12.5. The van der Waals surface area contributed by atoms with Crippen LogP contribution in [-0.4, -0.2) is 17.7 Å². The molecule has 0 fully saturated rings. The van der Waals surface area contributed by atoms with E-state index in [9.17, 15) is 14.4 Å². The molecular weight excluding hydrogens is 330 g/mol. The first-order valence-electron chi connectivity index (χ1n) is 8.21. The quantitative estimate of drug-likeness (QED) is 0.641. The van der Waals surface area contributed by atoms with Crippen LogP contribution in [0.5, 0.6) is 0 Å². The predicted molar refractivity (Wildman–Crippen MR) is 103 cm³/mol. The van der Waals surface area contributed by atoms with E-state index in [0.717, 1.165) is 10.5 Å². The summed E-state index contributed by atoms with van der Waals surface area (Å²) < 4.78 is 0. The van der Waals surface area contributed by atoms with E-state index in [1.54, 1.807) is 30.3 Å². The van der Waals surface area contributed by atoms with Gasteiger partial charge in [0.1, 0.15) is 0 Å². The van der Waals surface area contributed by atoms with Crippen molar-refractivity contribution in [3.63, 3.8) is 0 Å². The topological polar surface area (TPSA) is 92.5 Å². The van der Waals surface area contributed by atoms with Gasteiger partial charge in [-0.3, -0.25) is 14.4 Å². The average Bonchev–Trinajstić information content (AvgIpc) is 2.54. The minimum absolute atomic E-state index is 0.0168. The van der Waals surface area contributed by atoms with Gasteiger partial charge in [-0.25, -0.2) is 4.90 Å². The summed E-state index contributed by atoms with van der Waals surface area (Å²) >= 11 is 0. The number of hydrogen-bond acceptors (Lipinski definition) is 4. The highest BCUT2D eigenvalue weighted by molar-refractivity contribution is 6.48. The van der Waals surface area contributed by atoms with E-state index < -0.39 is 17.7 Å². The Bertz CT molecular complexity index is 836. The van der Waals surface area contributed by atoms with Crippen molar-refractivity contribution in [2.75, 3.05) is 16.0 Å². The average molecular weight is 353 g/mol. The standard InChI is InChI=1S/C20H23N3O3/c1-13(24)23(17-7-5-6-15(21)12-17)19(26)18(25)22-16-10-8-14(9-11-16)20(2,3)4/h5-12H,21H2,1-4H3,(H,22,25). The van der Waals surface area contributed by atoms with Crippen molar-refractivity contribution in [1.29, 1.82) is 0 Å². The molecule has 2 rings (SSSR count). The van der Waals surface area contributed by atoms with Gasteiger partial charge in [0.15, 0.2) is 0 Å². The fourth-order valence-corrected chi connectivity index (χ4v) is 2.45. The van der Waals surface area contributed by atoms with Crippen LogP contribution in [0.25, 0.3) is 0 Å². The first kappa shape index (κ1) is 19.2. The zero-order chi connectivity index (χ0) is 19.5. The summed E-state index contributed by atoms with van der Waals surface area (Å²) in [6.45, 7) is 7.47. The van der Waals surface area contributed by atoms with Crippen molar-refractivity contribution in [2.24, 2.45) is 0 Å². The molecule has 0 atom stereocenters. The highest BCUT2D eigenvalue weighted by Gasteiger charge is 2.27. The van der Waals surface area contributed by atoms with E-state index in [0.29, 0.717) is 11.4 Å². The monoisotopic (exact) mass is 353 g/mol. The molecule has 0 heterocycles. The van der Waals surface area contributed by atoms with Gasteiger partial charge in [-0.15, -0.1) is 0 Å². The van der Waals surface area contributed by atoms with E-state index >= 15 is 0 Å². The second-order valence-electron chi connectivity index (χ2n) is 7.04. The summed E-state index contributed by atoms with van der Waals surface area (Å²) in [5.41, 5.74) is 7.90. The molecule has 0 aliphatic rings. The van der Waals surface area contributed by atoms with Crippen LogP contribution < -0.4 is 16.0 Å². The zero-order valence-corrected chi connectivity index (χ0v) is 15.4. The number of nitrogen functional groups attached to an aromatic ring is 1. The molecule has 0 bridgehead atoms. The summed E-state index contributed by atoms with van der Waals surface area (Å²) in [7, 11) is 0. The lowest BCUT2D eigenvalue weighted by atomic mass is 9.87. The van der Waals surface area contributed by atoms with Gasteiger partial charge in [-0.05, 0) is 41.3 Å². The van der Waals surface area contributed by atoms with Crippen LogP contribution in [0.3, 0.4) is 0 Å². The number of rotatable bonds is 2. The predicted octanol–water partition coefficient (Wildman–Crippen LogP) is 3.08. The molecule has 0 aromatic heterocycles. The number of hydrogen-bond donors (Lipinski definition) is 2. The molecule has 6 heteroatoms. The number of amides is 3. The molecule has 0 saturated heterocycles. The molecule has 2 aromatic carbocycles. The highest BCUT2D eigenvalue weighted by atomic mass is 16.2. The number of benzene rings is 2. The molecule has 2 aromatic rings. The van der Waals surface area contributed by atoms with Gasteiger partial charge in [-0.2, -0.15) is 0 Å². The second-order valence-corrected chi connectivity index (χ2v) is 7.04. The Hall–Kier alpha value is -3.15. The molecule has 0 saturated carbocycles. The number of nitrogens with zero attached hydrogens (tertiary/aromatic N) is 1. The summed E-state index contributed by atoms with van der Waals surface area (Å²) in [5, 5.41) is 2.53. The SMILES string of the molecule is CC(=O)N(C(=O)C(=O)Nc1ccc(C(C)(C)C)cc1)c1cccc(N)c1. The molecule has 3 N–H and O–H groups in total. The summed E-state index contributed by atoms with van der Waals surface area (Å²) in [5.74, 6) is -2.44. The lowest BCUT2D eigenvalue weighted by Crippen LogP contribution is -2.42. The molecule has 26 heavy (non-hydrogen) atoms. The van der Waals surface area contributed by atoms with Gasteiger partial charge in [0.25, 0.3) is 0 Å². The van der Waals surface area contributed by atoms with Crippen LogP contribution in [0.1, 0.15) is 33.3 Å². The van der Waals surface area contributed by atoms with Crippen molar-refractivity contribution in [3.8, 4) is 0 Å². The van der Waals surface area contributed by atoms with E-state index in [-0.39, 0.29) is 11.1 Å². The van der Waals surface area contributed by atoms with E-state index in [1.165, 1.54) is 13.0 Å². The fraction of sp³-hybridized carbons (Fsp3) is 0.250. The van der Waals surface area contributed by atoms with Crippen LogP contribution in [0.15, 0.2) is 48.5 Å². The van der Waals surface area contributed by atoms with Gasteiger partial charge >= 0.3 is 11.8 Å². The molecule has 0 spiro atoms. The van der Waals surface area contributed by atoms with Gasteiger partial charge in [0.2, 0.25) is 5.91 Å². The molecule has 0 aliphatic carbocycles. The number of nitrogens with two attached hydrogens (primary N) is 1. The highest BCUT2D eigenvalue weighted by Crippen LogP contribution is 2.24. The molecule has 136 valence electrons. The minimum Gasteiger partial charge on any atom is -0.399 e. The lowest BCUT2D eigenvalue weighted by molar-refractivity contribution is -0.136. The van der Waals surface area contributed by atoms with Gasteiger partial charge < -0.3 is 11.1 Å². The summed E-state index contributed by atoms with van der Waals surface area (Å²) in [6.07, 6.45) is 0. The van der Waals surface area contributed by atoms with Crippen LogP contribution in [0.2, 0.25) is 0 Å². The number of carbonyl (C=O) groups excluding carboxylic acids is 3. The van der Waals surface area contributed by atoms with Gasteiger partial charge in [0.05, 0.1) is 5.69 Å². The Morgan fingerprint density at radius 3 is 2.12 bits per heavy atom. The third-order valence-electron chi connectivity index (χ3n) is 3.85. The minimum atomic E-state index is -0.969. The molecule has 0 unspecified atom stereocenters. The smallest absolute Gasteiger partial charge is 0.323 e.